The normalized spacial score (nSPS) is 14.0. The number of ether oxygens (including phenoxy) is 2. The summed E-state index contributed by atoms with van der Waals surface area (Å²) >= 11 is 0. The van der Waals surface area contributed by atoms with Crippen molar-refractivity contribution in [3.8, 4) is 11.5 Å². The zero-order valence-corrected chi connectivity index (χ0v) is 27.5. The molecule has 0 saturated heterocycles. The van der Waals surface area contributed by atoms with E-state index >= 15 is 0 Å². The van der Waals surface area contributed by atoms with Gasteiger partial charge >= 0.3 is 0 Å². The highest BCUT2D eigenvalue weighted by Gasteiger charge is 2.38. The lowest BCUT2D eigenvalue weighted by Gasteiger charge is -2.36. The second-order valence-corrected chi connectivity index (χ2v) is 12.2. The van der Waals surface area contributed by atoms with Crippen molar-refractivity contribution in [3.63, 3.8) is 0 Å². The summed E-state index contributed by atoms with van der Waals surface area (Å²) in [5.41, 5.74) is 5.36. The summed E-state index contributed by atoms with van der Waals surface area (Å²) in [6.45, 7) is 2.00. The molecule has 7 nitrogen and oxygen atoms in total. The van der Waals surface area contributed by atoms with Crippen LogP contribution in [0.2, 0.25) is 0 Å². The van der Waals surface area contributed by atoms with E-state index in [4.69, 9.17) is 9.47 Å². The first-order valence-electron chi connectivity index (χ1n) is 16.4. The number of hydrogen-bond donors (Lipinski definition) is 1. The molecule has 7 heteroatoms. The van der Waals surface area contributed by atoms with E-state index in [1.54, 1.807) is 12.1 Å². The monoisotopic (exact) mass is 632 g/mol. The van der Waals surface area contributed by atoms with Crippen molar-refractivity contribution in [2.24, 2.45) is 0 Å². The predicted octanol–water partition coefficient (Wildman–Crippen LogP) is 6.68. The molecule has 0 bridgehead atoms. The summed E-state index contributed by atoms with van der Waals surface area (Å²) in [6.07, 6.45) is 5.65. The molecule has 244 valence electrons. The van der Waals surface area contributed by atoms with Crippen molar-refractivity contribution >= 4 is 17.6 Å². The molecule has 0 aromatic heterocycles. The molecule has 47 heavy (non-hydrogen) atoms. The van der Waals surface area contributed by atoms with Gasteiger partial charge in [0.05, 0.1) is 14.2 Å². The van der Waals surface area contributed by atoms with Gasteiger partial charge in [0.25, 0.3) is 11.7 Å². The van der Waals surface area contributed by atoms with E-state index in [1.807, 2.05) is 67.6 Å². The van der Waals surface area contributed by atoms with E-state index in [9.17, 15) is 14.4 Å². The molecule has 1 N–H and O–H groups in total. The van der Waals surface area contributed by atoms with Crippen LogP contribution in [0.3, 0.4) is 0 Å². The van der Waals surface area contributed by atoms with Crippen LogP contribution in [-0.2, 0) is 35.4 Å². The summed E-state index contributed by atoms with van der Waals surface area (Å²) in [4.78, 5) is 43.3. The number of aryl methyl sites for hydroxylation is 2. The Morgan fingerprint density at radius 3 is 1.81 bits per heavy atom. The van der Waals surface area contributed by atoms with Crippen LogP contribution in [0, 0.1) is 6.92 Å². The smallest absolute Gasteiger partial charge is 0.295 e. The SMILES string of the molecule is COc1cc(C(=O)C(=O)N2Cc3ccccc3CC2C(=O)NC(CCCc2ccccc2)CCCc2ccccc2)cc(OC)c1C. The number of carbonyl (C=O) groups is 3. The molecule has 4 aromatic carbocycles. The lowest BCUT2D eigenvalue weighted by Crippen LogP contribution is -2.55. The Bertz CT molecular complexity index is 1600. The first-order chi connectivity index (χ1) is 22.9. The van der Waals surface area contributed by atoms with E-state index in [1.165, 1.54) is 30.2 Å². The number of hydrogen-bond acceptors (Lipinski definition) is 5. The molecule has 0 aliphatic carbocycles. The summed E-state index contributed by atoms with van der Waals surface area (Å²) < 4.78 is 10.9. The molecule has 0 spiro atoms. The van der Waals surface area contributed by atoms with Crippen LogP contribution in [-0.4, -0.2) is 48.8 Å². The summed E-state index contributed by atoms with van der Waals surface area (Å²) in [7, 11) is 3.02. The summed E-state index contributed by atoms with van der Waals surface area (Å²) in [5, 5.41) is 3.31. The van der Waals surface area contributed by atoms with Crippen LogP contribution in [0.1, 0.15) is 63.9 Å². The molecular formula is C40H44N2O5. The zero-order chi connectivity index (χ0) is 33.2. The number of Topliss-reactive ketones (excluding diaryl/α,β-unsaturated/α-hetero) is 1. The van der Waals surface area contributed by atoms with Gasteiger partial charge in [0, 0.05) is 30.1 Å². The van der Waals surface area contributed by atoms with Crippen molar-refractivity contribution in [1.82, 2.24) is 10.2 Å². The Hall–Kier alpha value is -4.91. The van der Waals surface area contributed by atoms with Gasteiger partial charge in [-0.25, -0.2) is 0 Å². The minimum Gasteiger partial charge on any atom is -0.496 e. The van der Waals surface area contributed by atoms with Crippen LogP contribution >= 0.6 is 0 Å². The first-order valence-corrected chi connectivity index (χ1v) is 16.4. The minimum absolute atomic E-state index is 0.0645. The van der Waals surface area contributed by atoms with Crippen molar-refractivity contribution < 1.29 is 23.9 Å². The molecule has 2 amide bonds. The van der Waals surface area contributed by atoms with Gasteiger partial charge in [0.1, 0.15) is 17.5 Å². The number of amides is 2. The van der Waals surface area contributed by atoms with Crippen molar-refractivity contribution in [2.45, 2.75) is 70.5 Å². The zero-order valence-electron chi connectivity index (χ0n) is 27.5. The van der Waals surface area contributed by atoms with Crippen LogP contribution in [0.25, 0.3) is 0 Å². The maximum absolute atomic E-state index is 14.1. The molecule has 1 unspecified atom stereocenters. The largest absolute Gasteiger partial charge is 0.496 e. The molecule has 1 aliphatic rings. The number of ketones is 1. The van der Waals surface area contributed by atoms with Gasteiger partial charge in [0.2, 0.25) is 5.91 Å². The second-order valence-electron chi connectivity index (χ2n) is 12.2. The molecular weight excluding hydrogens is 588 g/mol. The highest BCUT2D eigenvalue weighted by molar-refractivity contribution is 6.43. The van der Waals surface area contributed by atoms with Gasteiger partial charge in [-0.2, -0.15) is 0 Å². The van der Waals surface area contributed by atoms with Crippen LogP contribution in [0.15, 0.2) is 97.1 Å². The Labute approximate surface area is 277 Å². The van der Waals surface area contributed by atoms with E-state index < -0.39 is 17.7 Å². The van der Waals surface area contributed by atoms with Gasteiger partial charge in [-0.3, -0.25) is 14.4 Å². The Kier molecular flexibility index (Phi) is 11.4. The number of nitrogens with one attached hydrogen (secondary N) is 1. The minimum atomic E-state index is -0.818. The number of methoxy groups -OCH3 is 2. The first kappa shape index (κ1) is 33.5. The average molecular weight is 633 g/mol. The van der Waals surface area contributed by atoms with Crippen molar-refractivity contribution in [3.05, 3.63) is 130 Å². The molecule has 1 atom stereocenters. The van der Waals surface area contributed by atoms with Gasteiger partial charge in [0.15, 0.2) is 0 Å². The highest BCUT2D eigenvalue weighted by Crippen LogP contribution is 2.31. The number of carbonyl (C=O) groups excluding carboxylic acids is 3. The molecule has 1 aliphatic heterocycles. The van der Waals surface area contributed by atoms with Crippen molar-refractivity contribution in [1.29, 1.82) is 0 Å². The van der Waals surface area contributed by atoms with Gasteiger partial charge in [-0.05, 0) is 79.8 Å². The third-order valence-corrected chi connectivity index (χ3v) is 9.09. The Morgan fingerprint density at radius 2 is 1.28 bits per heavy atom. The highest BCUT2D eigenvalue weighted by atomic mass is 16.5. The number of benzene rings is 4. The number of rotatable bonds is 14. The van der Waals surface area contributed by atoms with E-state index in [0.717, 1.165) is 55.2 Å². The maximum Gasteiger partial charge on any atom is 0.295 e. The Morgan fingerprint density at radius 1 is 0.766 bits per heavy atom. The maximum atomic E-state index is 14.1. The summed E-state index contributed by atoms with van der Waals surface area (Å²) in [5.74, 6) is -0.761. The molecule has 0 saturated carbocycles. The van der Waals surface area contributed by atoms with Crippen LogP contribution < -0.4 is 14.8 Å². The van der Waals surface area contributed by atoms with Gasteiger partial charge in [-0.15, -0.1) is 0 Å². The van der Waals surface area contributed by atoms with E-state index in [-0.39, 0.29) is 24.1 Å². The quantitative estimate of drug-likeness (QED) is 0.124. The number of nitrogens with zero attached hydrogens (tertiary/aromatic N) is 1. The fraction of sp³-hybridized carbons (Fsp3) is 0.325. The molecule has 0 radical (unpaired) electrons. The predicted molar refractivity (Wildman–Crippen MR) is 184 cm³/mol. The van der Waals surface area contributed by atoms with Crippen LogP contribution in [0.5, 0.6) is 11.5 Å². The third kappa shape index (κ3) is 8.47. The van der Waals surface area contributed by atoms with Crippen LogP contribution in [0.4, 0.5) is 0 Å². The molecule has 5 rings (SSSR count). The fourth-order valence-electron chi connectivity index (χ4n) is 6.42. The summed E-state index contributed by atoms with van der Waals surface area (Å²) in [6, 6.07) is 30.7. The lowest BCUT2D eigenvalue weighted by atomic mass is 9.92. The molecule has 0 fully saturated rings. The second kappa shape index (κ2) is 16.1. The average Bonchev–Trinajstić information content (AvgIpc) is 3.11. The standard InChI is InChI=1S/C40H44N2O5/c1-28-36(46-2)25-33(26-37(28)47-3)38(43)40(45)42-27-32-21-11-10-20-31(32)24-35(42)39(44)41-34(22-12-18-29-14-6-4-7-15-29)23-13-19-30-16-8-5-9-17-30/h4-11,14-17,20-21,25-26,34-35H,12-13,18-19,22-24,27H2,1-3H3,(H,41,44). The fourth-order valence-corrected chi connectivity index (χ4v) is 6.42. The van der Waals surface area contributed by atoms with Gasteiger partial charge in [-0.1, -0.05) is 84.9 Å². The van der Waals surface area contributed by atoms with Gasteiger partial charge < -0.3 is 19.7 Å². The van der Waals surface area contributed by atoms with E-state index in [2.05, 4.69) is 29.6 Å². The molecule has 1 heterocycles. The third-order valence-electron chi connectivity index (χ3n) is 9.09. The Balaban J connectivity index is 1.35. The lowest BCUT2D eigenvalue weighted by molar-refractivity contribution is -0.138. The topological polar surface area (TPSA) is 84.9 Å². The van der Waals surface area contributed by atoms with E-state index in [0.29, 0.717) is 17.9 Å². The molecule has 4 aromatic rings. The van der Waals surface area contributed by atoms with Crippen molar-refractivity contribution in [2.75, 3.05) is 14.2 Å². The number of fused-ring (bicyclic) bond motifs is 1.